The van der Waals surface area contributed by atoms with Crippen LogP contribution in [0.5, 0.6) is 0 Å². The lowest BCUT2D eigenvalue weighted by Gasteiger charge is -2.35. The smallest absolute Gasteiger partial charge is 0.226 e. The summed E-state index contributed by atoms with van der Waals surface area (Å²) in [6.07, 6.45) is 1.75. The Balaban J connectivity index is 1.52. The van der Waals surface area contributed by atoms with E-state index in [0.29, 0.717) is 18.3 Å². The minimum absolute atomic E-state index is 0.0740. The summed E-state index contributed by atoms with van der Waals surface area (Å²) >= 11 is 0. The van der Waals surface area contributed by atoms with Crippen molar-refractivity contribution >= 4 is 5.96 Å². The van der Waals surface area contributed by atoms with Gasteiger partial charge in [0.15, 0.2) is 11.8 Å². The maximum absolute atomic E-state index is 6.00. The molecule has 0 radical (unpaired) electrons. The molecule has 2 heterocycles. The van der Waals surface area contributed by atoms with Crippen LogP contribution in [0.2, 0.25) is 0 Å². The van der Waals surface area contributed by atoms with Crippen molar-refractivity contribution in [3.8, 4) is 0 Å². The largest absolute Gasteiger partial charge is 0.370 e. The summed E-state index contributed by atoms with van der Waals surface area (Å²) in [5.41, 5.74) is 2.51. The number of nitrogens with zero attached hydrogens (tertiary/aromatic N) is 4. The first-order valence-electron chi connectivity index (χ1n) is 9.09. The number of ether oxygens (including phenoxy) is 1. The topological polar surface area (TPSA) is 75.8 Å². The van der Waals surface area contributed by atoms with Gasteiger partial charge < -0.3 is 19.5 Å². The number of aromatic nitrogens is 2. The lowest BCUT2D eigenvalue weighted by atomic mass is 10.0. The average molecular weight is 357 g/mol. The monoisotopic (exact) mass is 357 g/mol. The molecule has 140 valence electrons. The van der Waals surface area contributed by atoms with E-state index in [2.05, 4.69) is 56.5 Å². The Morgan fingerprint density at radius 1 is 1.35 bits per heavy atom. The van der Waals surface area contributed by atoms with Gasteiger partial charge in [0.2, 0.25) is 5.89 Å². The van der Waals surface area contributed by atoms with E-state index in [-0.39, 0.29) is 6.10 Å². The molecule has 1 aliphatic heterocycles. The number of aliphatic imine (C=N–C) groups is 1. The SMILES string of the molecule is CN=C(NCCCc1nc(C)no1)N1CCOC(c2ccccc2C)C1. The van der Waals surface area contributed by atoms with Crippen molar-refractivity contribution in [3.05, 3.63) is 47.1 Å². The minimum atomic E-state index is 0.0740. The van der Waals surface area contributed by atoms with Crippen molar-refractivity contribution in [3.63, 3.8) is 0 Å². The highest BCUT2D eigenvalue weighted by Crippen LogP contribution is 2.24. The first kappa shape index (κ1) is 18.4. The Morgan fingerprint density at radius 3 is 2.92 bits per heavy atom. The number of benzene rings is 1. The lowest BCUT2D eigenvalue weighted by Crippen LogP contribution is -2.48. The van der Waals surface area contributed by atoms with Gasteiger partial charge in [0.05, 0.1) is 13.2 Å². The van der Waals surface area contributed by atoms with Crippen LogP contribution in [-0.4, -0.2) is 54.3 Å². The van der Waals surface area contributed by atoms with Crippen LogP contribution in [-0.2, 0) is 11.2 Å². The van der Waals surface area contributed by atoms with Crippen LogP contribution in [0.25, 0.3) is 0 Å². The standard InChI is InChI=1S/C19H27N5O2/c1-14-7-4-5-8-16(14)17-13-24(11-12-25-17)19(20-3)21-10-6-9-18-22-15(2)23-26-18/h4-5,7-8,17H,6,9-13H2,1-3H3,(H,20,21). The van der Waals surface area contributed by atoms with E-state index in [1.807, 2.05) is 14.0 Å². The molecule has 2 aromatic rings. The molecule has 7 nitrogen and oxygen atoms in total. The predicted octanol–water partition coefficient (Wildman–Crippen LogP) is 2.27. The fourth-order valence-electron chi connectivity index (χ4n) is 3.19. The fraction of sp³-hybridized carbons (Fsp3) is 0.526. The Morgan fingerprint density at radius 2 is 2.19 bits per heavy atom. The molecule has 1 N–H and O–H groups in total. The maximum atomic E-state index is 6.00. The molecule has 0 amide bonds. The summed E-state index contributed by atoms with van der Waals surface area (Å²) in [7, 11) is 1.82. The van der Waals surface area contributed by atoms with Crippen LogP contribution in [0.4, 0.5) is 0 Å². The van der Waals surface area contributed by atoms with Crippen LogP contribution in [0, 0.1) is 13.8 Å². The third kappa shape index (κ3) is 4.60. The Hall–Kier alpha value is -2.41. The van der Waals surface area contributed by atoms with Gasteiger partial charge in [-0.3, -0.25) is 4.99 Å². The molecular formula is C19H27N5O2. The van der Waals surface area contributed by atoms with Gasteiger partial charge in [0, 0.05) is 26.6 Å². The van der Waals surface area contributed by atoms with E-state index in [1.165, 1.54) is 11.1 Å². The van der Waals surface area contributed by atoms with Gasteiger partial charge in [0.1, 0.15) is 6.10 Å². The van der Waals surface area contributed by atoms with E-state index >= 15 is 0 Å². The first-order chi connectivity index (χ1) is 12.7. The number of guanidine groups is 1. The van der Waals surface area contributed by atoms with Crippen LogP contribution in [0.15, 0.2) is 33.8 Å². The molecular weight excluding hydrogens is 330 g/mol. The van der Waals surface area contributed by atoms with Crippen molar-refractivity contribution in [2.75, 3.05) is 33.3 Å². The van der Waals surface area contributed by atoms with Crippen molar-refractivity contribution in [1.82, 2.24) is 20.4 Å². The molecule has 0 bridgehead atoms. The molecule has 1 aromatic heterocycles. The Bertz CT molecular complexity index is 743. The highest BCUT2D eigenvalue weighted by Gasteiger charge is 2.24. The second kappa shape index (κ2) is 8.80. The molecule has 1 fully saturated rings. The summed E-state index contributed by atoms with van der Waals surface area (Å²) in [6, 6.07) is 8.40. The van der Waals surface area contributed by atoms with Gasteiger partial charge in [-0.05, 0) is 31.4 Å². The fourth-order valence-corrected chi connectivity index (χ4v) is 3.19. The second-order valence-corrected chi connectivity index (χ2v) is 6.47. The van der Waals surface area contributed by atoms with E-state index in [0.717, 1.165) is 38.4 Å². The molecule has 1 unspecified atom stereocenters. The number of nitrogens with one attached hydrogen (secondary N) is 1. The van der Waals surface area contributed by atoms with Gasteiger partial charge in [0.25, 0.3) is 0 Å². The van der Waals surface area contributed by atoms with Gasteiger partial charge in [-0.2, -0.15) is 4.98 Å². The zero-order chi connectivity index (χ0) is 18.4. The molecule has 1 aromatic carbocycles. The van der Waals surface area contributed by atoms with Crippen LogP contribution in [0.1, 0.15) is 35.4 Å². The van der Waals surface area contributed by atoms with Crippen LogP contribution < -0.4 is 5.32 Å². The molecule has 0 spiro atoms. The second-order valence-electron chi connectivity index (χ2n) is 6.47. The molecule has 0 saturated carbocycles. The lowest BCUT2D eigenvalue weighted by molar-refractivity contribution is -0.00830. The summed E-state index contributed by atoms with van der Waals surface area (Å²) in [5, 5.41) is 7.25. The summed E-state index contributed by atoms with van der Waals surface area (Å²) < 4.78 is 11.1. The molecule has 3 rings (SSSR count). The van der Waals surface area contributed by atoms with Gasteiger partial charge in [-0.25, -0.2) is 0 Å². The van der Waals surface area contributed by atoms with Crippen molar-refractivity contribution in [2.24, 2.45) is 4.99 Å². The number of rotatable bonds is 5. The number of hydrogen-bond acceptors (Lipinski definition) is 5. The van der Waals surface area contributed by atoms with Crippen molar-refractivity contribution in [2.45, 2.75) is 32.8 Å². The number of aryl methyl sites for hydroxylation is 3. The molecule has 26 heavy (non-hydrogen) atoms. The number of morpholine rings is 1. The molecule has 1 atom stereocenters. The molecule has 7 heteroatoms. The van der Waals surface area contributed by atoms with Crippen LogP contribution in [0.3, 0.4) is 0 Å². The van der Waals surface area contributed by atoms with E-state index in [4.69, 9.17) is 9.26 Å². The zero-order valence-electron chi connectivity index (χ0n) is 15.7. The predicted molar refractivity (Wildman–Crippen MR) is 100 cm³/mol. The summed E-state index contributed by atoms with van der Waals surface area (Å²) in [6.45, 7) is 7.10. The third-order valence-electron chi connectivity index (χ3n) is 4.53. The maximum Gasteiger partial charge on any atom is 0.226 e. The first-order valence-corrected chi connectivity index (χ1v) is 9.09. The quantitative estimate of drug-likeness (QED) is 0.503. The molecule has 0 aliphatic carbocycles. The minimum Gasteiger partial charge on any atom is -0.370 e. The van der Waals surface area contributed by atoms with E-state index < -0.39 is 0 Å². The van der Waals surface area contributed by atoms with Gasteiger partial charge >= 0.3 is 0 Å². The van der Waals surface area contributed by atoms with E-state index in [1.54, 1.807) is 0 Å². The Kier molecular flexibility index (Phi) is 6.22. The Labute approximate surface area is 154 Å². The number of hydrogen-bond donors (Lipinski definition) is 1. The van der Waals surface area contributed by atoms with Crippen molar-refractivity contribution in [1.29, 1.82) is 0 Å². The summed E-state index contributed by atoms with van der Waals surface area (Å²) in [5.74, 6) is 2.28. The van der Waals surface area contributed by atoms with Gasteiger partial charge in [-0.1, -0.05) is 29.4 Å². The zero-order valence-corrected chi connectivity index (χ0v) is 15.7. The normalized spacial score (nSPS) is 18.2. The average Bonchev–Trinajstić information content (AvgIpc) is 3.07. The van der Waals surface area contributed by atoms with Gasteiger partial charge in [-0.15, -0.1) is 0 Å². The molecule has 1 saturated heterocycles. The van der Waals surface area contributed by atoms with Crippen molar-refractivity contribution < 1.29 is 9.26 Å². The highest BCUT2D eigenvalue weighted by atomic mass is 16.5. The third-order valence-corrected chi connectivity index (χ3v) is 4.53. The van der Waals surface area contributed by atoms with Crippen LogP contribution >= 0.6 is 0 Å². The summed E-state index contributed by atoms with van der Waals surface area (Å²) in [4.78, 5) is 10.9. The highest BCUT2D eigenvalue weighted by molar-refractivity contribution is 5.80. The molecule has 1 aliphatic rings. The van der Waals surface area contributed by atoms with E-state index in [9.17, 15) is 0 Å².